The molecule has 0 amide bonds. The zero-order chi connectivity index (χ0) is 15.3. The van der Waals surface area contributed by atoms with Crippen LogP contribution in [-0.2, 0) is 4.74 Å². The number of benzene rings is 1. The summed E-state index contributed by atoms with van der Waals surface area (Å²) in [7, 11) is 0. The highest BCUT2D eigenvalue weighted by Gasteiger charge is 2.27. The van der Waals surface area contributed by atoms with Gasteiger partial charge in [0.15, 0.2) is 0 Å². The minimum absolute atomic E-state index is 0.0656. The van der Waals surface area contributed by atoms with Crippen molar-refractivity contribution in [3.8, 4) is 0 Å². The molecule has 0 heterocycles. The van der Waals surface area contributed by atoms with Crippen molar-refractivity contribution in [1.29, 1.82) is 0 Å². The van der Waals surface area contributed by atoms with Gasteiger partial charge < -0.3 is 4.74 Å². The van der Waals surface area contributed by atoms with E-state index >= 15 is 0 Å². The summed E-state index contributed by atoms with van der Waals surface area (Å²) < 4.78 is 42.7. The Morgan fingerprint density at radius 2 is 1.67 bits per heavy atom. The van der Waals surface area contributed by atoms with Crippen LogP contribution in [0.2, 0.25) is 0 Å². The molecule has 0 spiro atoms. The Hall–Kier alpha value is -0.550. The number of alkyl halides is 3. The van der Waals surface area contributed by atoms with Crippen LogP contribution in [0.5, 0.6) is 0 Å². The van der Waals surface area contributed by atoms with Gasteiger partial charge in [-0.15, -0.1) is 0 Å². The van der Waals surface area contributed by atoms with Gasteiger partial charge >= 0.3 is 6.18 Å². The number of hydrogen-bond donors (Lipinski definition) is 0. The minimum Gasteiger partial charge on any atom is -0.378 e. The van der Waals surface area contributed by atoms with E-state index in [2.05, 4.69) is 40.2 Å². The van der Waals surface area contributed by atoms with Gasteiger partial charge in [-0.25, -0.2) is 0 Å². The Balaban J connectivity index is 1.67. The zero-order valence-electron chi connectivity index (χ0n) is 11.8. The van der Waals surface area contributed by atoms with E-state index in [1.54, 1.807) is 0 Å². The Morgan fingerprint density at radius 3 is 2.24 bits per heavy atom. The third kappa shape index (κ3) is 5.99. The molecule has 2 rings (SSSR count). The predicted octanol–water partition coefficient (Wildman–Crippen LogP) is 5.83. The van der Waals surface area contributed by atoms with Gasteiger partial charge in [-0.1, -0.05) is 28.1 Å². The zero-order valence-corrected chi connectivity index (χ0v) is 13.4. The largest absolute Gasteiger partial charge is 0.389 e. The van der Waals surface area contributed by atoms with Crippen molar-refractivity contribution in [3.63, 3.8) is 0 Å². The van der Waals surface area contributed by atoms with Crippen molar-refractivity contribution in [2.24, 2.45) is 0 Å². The van der Waals surface area contributed by atoms with Gasteiger partial charge in [0.2, 0.25) is 0 Å². The lowest BCUT2D eigenvalue weighted by atomic mass is 9.83. The van der Waals surface area contributed by atoms with Gasteiger partial charge in [0.05, 0.1) is 6.10 Å². The summed E-state index contributed by atoms with van der Waals surface area (Å²) in [4.78, 5) is 0. The second-order valence-electron chi connectivity index (χ2n) is 5.61. The fraction of sp³-hybridized carbons (Fsp3) is 0.625. The van der Waals surface area contributed by atoms with Crippen molar-refractivity contribution in [3.05, 3.63) is 34.3 Å². The van der Waals surface area contributed by atoms with Crippen molar-refractivity contribution >= 4 is 15.9 Å². The molecule has 0 bridgehead atoms. The summed E-state index contributed by atoms with van der Waals surface area (Å²) in [5.74, 6) is 0.549. The van der Waals surface area contributed by atoms with Gasteiger partial charge in [-0.2, -0.15) is 13.2 Å². The maximum absolute atomic E-state index is 12.0. The molecule has 0 N–H and O–H groups in total. The van der Waals surface area contributed by atoms with E-state index in [-0.39, 0.29) is 19.1 Å². The molecule has 1 fully saturated rings. The molecule has 0 atom stereocenters. The molecule has 0 saturated heterocycles. The second kappa shape index (κ2) is 7.63. The Labute approximate surface area is 132 Å². The van der Waals surface area contributed by atoms with Gasteiger partial charge in [-0.3, -0.25) is 0 Å². The van der Waals surface area contributed by atoms with Crippen LogP contribution in [0.3, 0.4) is 0 Å². The summed E-state index contributed by atoms with van der Waals surface area (Å²) in [6.45, 7) is 0.215. The molecule has 0 radical (unpaired) electrons. The lowest BCUT2D eigenvalue weighted by molar-refractivity contribution is -0.139. The smallest absolute Gasteiger partial charge is 0.378 e. The maximum Gasteiger partial charge on any atom is 0.389 e. The molecule has 0 unspecified atom stereocenters. The SMILES string of the molecule is FC(F)(F)CCCOC1CCC(c2ccc(Br)cc2)CC1. The Bertz CT molecular complexity index is 422. The molecule has 1 aromatic rings. The average molecular weight is 365 g/mol. The standard InChI is InChI=1S/C16H20BrF3O/c17-14-6-2-12(3-7-14)13-4-8-15(9-5-13)21-11-1-10-16(18,19)20/h2-3,6-7,13,15H,1,4-5,8-11H2. The van der Waals surface area contributed by atoms with Gasteiger partial charge in [0.1, 0.15) is 0 Å². The topological polar surface area (TPSA) is 9.23 Å². The molecule has 1 aliphatic rings. The first-order valence-corrected chi connectivity index (χ1v) is 8.17. The lowest BCUT2D eigenvalue weighted by Gasteiger charge is -2.29. The molecule has 0 aromatic heterocycles. The monoisotopic (exact) mass is 364 g/mol. The van der Waals surface area contributed by atoms with Crippen LogP contribution in [0.4, 0.5) is 13.2 Å². The maximum atomic E-state index is 12.0. The molecule has 0 aliphatic heterocycles. The fourth-order valence-electron chi connectivity index (χ4n) is 2.82. The second-order valence-corrected chi connectivity index (χ2v) is 6.53. The molecule has 21 heavy (non-hydrogen) atoms. The summed E-state index contributed by atoms with van der Waals surface area (Å²) in [5.41, 5.74) is 1.34. The molecule has 1 saturated carbocycles. The summed E-state index contributed by atoms with van der Waals surface area (Å²) >= 11 is 3.43. The van der Waals surface area contributed by atoms with Crippen molar-refractivity contribution in [2.45, 2.75) is 56.7 Å². The fourth-order valence-corrected chi connectivity index (χ4v) is 3.08. The number of rotatable bonds is 5. The van der Waals surface area contributed by atoms with Crippen LogP contribution in [0.1, 0.15) is 50.0 Å². The van der Waals surface area contributed by atoms with Crippen molar-refractivity contribution in [1.82, 2.24) is 0 Å². The van der Waals surface area contributed by atoms with Crippen LogP contribution in [-0.4, -0.2) is 18.9 Å². The highest BCUT2D eigenvalue weighted by Crippen LogP contribution is 2.34. The van der Waals surface area contributed by atoms with Crippen LogP contribution in [0.15, 0.2) is 28.7 Å². The first kappa shape index (κ1) is 16.8. The van der Waals surface area contributed by atoms with Crippen LogP contribution in [0, 0.1) is 0 Å². The van der Waals surface area contributed by atoms with E-state index in [9.17, 15) is 13.2 Å². The summed E-state index contributed by atoms with van der Waals surface area (Å²) in [6.07, 6.45) is -0.652. The van der Waals surface area contributed by atoms with Gasteiger partial charge in [0.25, 0.3) is 0 Å². The molecule has 1 aromatic carbocycles. The average Bonchev–Trinajstić information content (AvgIpc) is 2.44. The van der Waals surface area contributed by atoms with Crippen LogP contribution < -0.4 is 0 Å². The number of halogens is 4. The highest BCUT2D eigenvalue weighted by atomic mass is 79.9. The number of hydrogen-bond acceptors (Lipinski definition) is 1. The van der Waals surface area contributed by atoms with Crippen molar-refractivity contribution in [2.75, 3.05) is 6.61 Å². The van der Waals surface area contributed by atoms with E-state index < -0.39 is 12.6 Å². The van der Waals surface area contributed by atoms with E-state index in [1.165, 1.54) is 5.56 Å². The highest BCUT2D eigenvalue weighted by molar-refractivity contribution is 9.10. The molecule has 118 valence electrons. The van der Waals surface area contributed by atoms with Crippen LogP contribution >= 0.6 is 15.9 Å². The Morgan fingerprint density at radius 1 is 1.05 bits per heavy atom. The lowest BCUT2D eigenvalue weighted by Crippen LogP contribution is -2.21. The quantitative estimate of drug-likeness (QED) is 0.596. The van der Waals surface area contributed by atoms with Gasteiger partial charge in [0, 0.05) is 17.5 Å². The Kier molecular flexibility index (Phi) is 6.11. The minimum atomic E-state index is -4.07. The molecular formula is C16H20BrF3O. The molecule has 5 heteroatoms. The first-order chi connectivity index (χ1) is 9.94. The van der Waals surface area contributed by atoms with Crippen molar-refractivity contribution < 1.29 is 17.9 Å². The van der Waals surface area contributed by atoms with E-state index in [0.29, 0.717) is 5.92 Å². The molecular weight excluding hydrogens is 345 g/mol. The third-order valence-corrected chi connectivity index (χ3v) is 4.50. The first-order valence-electron chi connectivity index (χ1n) is 7.38. The van der Waals surface area contributed by atoms with E-state index in [0.717, 1.165) is 30.2 Å². The van der Waals surface area contributed by atoms with E-state index in [4.69, 9.17) is 4.74 Å². The third-order valence-electron chi connectivity index (χ3n) is 3.97. The van der Waals surface area contributed by atoms with Crippen LogP contribution in [0.25, 0.3) is 0 Å². The predicted molar refractivity (Wildman–Crippen MR) is 80.4 cm³/mol. The summed E-state index contributed by atoms with van der Waals surface area (Å²) in [5, 5.41) is 0. The van der Waals surface area contributed by atoms with Gasteiger partial charge in [-0.05, 0) is 55.7 Å². The normalized spacial score (nSPS) is 23.2. The summed E-state index contributed by atoms with van der Waals surface area (Å²) in [6, 6.07) is 8.38. The van der Waals surface area contributed by atoms with E-state index in [1.807, 2.05) is 0 Å². The number of ether oxygens (including phenoxy) is 1. The molecule has 1 nitrogen and oxygen atoms in total. The molecule has 1 aliphatic carbocycles.